The molecule has 0 aromatic heterocycles. The first kappa shape index (κ1) is 15.4. The Bertz CT molecular complexity index is 248. The van der Waals surface area contributed by atoms with Gasteiger partial charge >= 0.3 is 0 Å². The maximum Gasteiger partial charge on any atom is 0.239 e. The minimum Gasteiger partial charge on any atom is -0.391 e. The zero-order valence-electron chi connectivity index (χ0n) is 11.5. The zero-order valence-corrected chi connectivity index (χ0v) is 11.5. The summed E-state index contributed by atoms with van der Waals surface area (Å²) < 4.78 is 4.88. The lowest BCUT2D eigenvalue weighted by Crippen LogP contribution is -2.51. The number of hydrogen-bond donors (Lipinski definition) is 2. The minimum absolute atomic E-state index is 0.0294. The van der Waals surface area contributed by atoms with Gasteiger partial charge in [-0.15, -0.1) is 0 Å². The van der Waals surface area contributed by atoms with Crippen molar-refractivity contribution in [3.05, 3.63) is 0 Å². The number of piperidine rings is 1. The molecule has 0 aliphatic carbocycles. The van der Waals surface area contributed by atoms with Gasteiger partial charge in [-0.2, -0.15) is 0 Å². The van der Waals surface area contributed by atoms with Gasteiger partial charge in [-0.3, -0.25) is 4.79 Å². The molecule has 0 aromatic carbocycles. The fourth-order valence-corrected chi connectivity index (χ4v) is 2.25. The SMILES string of the molecule is CCCNC1CCCN(CCC(O)COC)C1=O. The van der Waals surface area contributed by atoms with Crippen LogP contribution >= 0.6 is 0 Å². The van der Waals surface area contributed by atoms with Gasteiger partial charge in [0.25, 0.3) is 0 Å². The lowest BCUT2D eigenvalue weighted by molar-refractivity contribution is -0.136. The Kier molecular flexibility index (Phi) is 7.23. The molecule has 0 radical (unpaired) electrons. The molecule has 1 rings (SSSR count). The maximum absolute atomic E-state index is 12.2. The van der Waals surface area contributed by atoms with E-state index >= 15 is 0 Å². The van der Waals surface area contributed by atoms with Crippen molar-refractivity contribution in [1.82, 2.24) is 10.2 Å². The molecule has 2 atom stereocenters. The third kappa shape index (κ3) is 4.92. The highest BCUT2D eigenvalue weighted by Crippen LogP contribution is 2.12. The van der Waals surface area contributed by atoms with Gasteiger partial charge in [0.15, 0.2) is 0 Å². The van der Waals surface area contributed by atoms with Crippen LogP contribution in [-0.4, -0.2) is 61.4 Å². The molecule has 1 aliphatic rings. The number of rotatable bonds is 8. The molecule has 2 unspecified atom stereocenters. The number of carbonyl (C=O) groups is 1. The molecule has 1 aliphatic heterocycles. The second kappa shape index (κ2) is 8.45. The van der Waals surface area contributed by atoms with Crippen LogP contribution < -0.4 is 5.32 Å². The van der Waals surface area contributed by atoms with Crippen LogP contribution in [0.2, 0.25) is 0 Å². The van der Waals surface area contributed by atoms with Gasteiger partial charge in [-0.25, -0.2) is 0 Å². The first-order valence-corrected chi connectivity index (χ1v) is 6.88. The first-order chi connectivity index (χ1) is 8.69. The van der Waals surface area contributed by atoms with E-state index in [9.17, 15) is 9.90 Å². The van der Waals surface area contributed by atoms with E-state index in [1.165, 1.54) is 0 Å². The molecule has 1 saturated heterocycles. The van der Waals surface area contributed by atoms with E-state index in [1.54, 1.807) is 7.11 Å². The third-order valence-corrected chi connectivity index (χ3v) is 3.26. The van der Waals surface area contributed by atoms with Crippen molar-refractivity contribution in [2.24, 2.45) is 0 Å². The first-order valence-electron chi connectivity index (χ1n) is 6.88. The van der Waals surface area contributed by atoms with Crippen LogP contribution in [-0.2, 0) is 9.53 Å². The summed E-state index contributed by atoms with van der Waals surface area (Å²) in [5.41, 5.74) is 0. The van der Waals surface area contributed by atoms with Crippen molar-refractivity contribution in [2.75, 3.05) is 33.4 Å². The zero-order chi connectivity index (χ0) is 13.4. The quantitative estimate of drug-likeness (QED) is 0.660. The normalized spacial score (nSPS) is 22.3. The van der Waals surface area contributed by atoms with Crippen molar-refractivity contribution in [2.45, 2.75) is 44.8 Å². The molecule has 5 heteroatoms. The molecule has 0 spiro atoms. The molecule has 5 nitrogen and oxygen atoms in total. The molecular weight excluding hydrogens is 232 g/mol. The van der Waals surface area contributed by atoms with Crippen LogP contribution in [0.4, 0.5) is 0 Å². The Balaban J connectivity index is 2.33. The number of methoxy groups -OCH3 is 1. The van der Waals surface area contributed by atoms with E-state index < -0.39 is 6.10 Å². The monoisotopic (exact) mass is 258 g/mol. The van der Waals surface area contributed by atoms with Gasteiger partial charge in [-0.05, 0) is 32.2 Å². The van der Waals surface area contributed by atoms with Gasteiger partial charge in [0, 0.05) is 20.2 Å². The number of aliphatic hydroxyl groups is 1. The molecule has 0 saturated carbocycles. The van der Waals surface area contributed by atoms with E-state index in [0.29, 0.717) is 19.6 Å². The molecular formula is C13H26N2O3. The Labute approximate surface area is 109 Å². The van der Waals surface area contributed by atoms with Crippen LogP contribution in [0.5, 0.6) is 0 Å². The number of aliphatic hydroxyl groups excluding tert-OH is 1. The summed E-state index contributed by atoms with van der Waals surface area (Å²) in [7, 11) is 1.57. The standard InChI is InChI=1S/C13H26N2O3/c1-3-7-14-12-5-4-8-15(13(12)17)9-6-11(16)10-18-2/h11-12,14,16H,3-10H2,1-2H3. The van der Waals surface area contributed by atoms with E-state index in [-0.39, 0.29) is 11.9 Å². The van der Waals surface area contributed by atoms with Gasteiger partial charge in [-0.1, -0.05) is 6.92 Å². The summed E-state index contributed by atoms with van der Waals surface area (Å²) in [5, 5.41) is 12.9. The Morgan fingerprint density at radius 1 is 1.61 bits per heavy atom. The highest BCUT2D eigenvalue weighted by Gasteiger charge is 2.27. The molecule has 0 aromatic rings. The summed E-state index contributed by atoms with van der Waals surface area (Å²) in [4.78, 5) is 14.0. The van der Waals surface area contributed by atoms with Crippen LogP contribution in [0, 0.1) is 0 Å². The van der Waals surface area contributed by atoms with Gasteiger partial charge in [0.05, 0.1) is 18.8 Å². The fraction of sp³-hybridized carbons (Fsp3) is 0.923. The number of hydrogen-bond acceptors (Lipinski definition) is 4. The summed E-state index contributed by atoms with van der Waals surface area (Å²) in [6.07, 6.45) is 3.10. The Morgan fingerprint density at radius 2 is 2.39 bits per heavy atom. The van der Waals surface area contributed by atoms with Crippen molar-refractivity contribution >= 4 is 5.91 Å². The molecule has 0 bridgehead atoms. The van der Waals surface area contributed by atoms with E-state index in [2.05, 4.69) is 12.2 Å². The Hall–Kier alpha value is -0.650. The number of nitrogens with zero attached hydrogens (tertiary/aromatic N) is 1. The van der Waals surface area contributed by atoms with Gasteiger partial charge < -0.3 is 20.1 Å². The van der Waals surface area contributed by atoms with Crippen molar-refractivity contribution in [3.63, 3.8) is 0 Å². The van der Waals surface area contributed by atoms with Crippen LogP contribution in [0.3, 0.4) is 0 Å². The number of likely N-dealkylation sites (tertiary alicyclic amines) is 1. The minimum atomic E-state index is -0.480. The van der Waals surface area contributed by atoms with Crippen molar-refractivity contribution < 1.29 is 14.6 Å². The van der Waals surface area contributed by atoms with Crippen LogP contribution in [0.15, 0.2) is 0 Å². The van der Waals surface area contributed by atoms with Gasteiger partial charge in [0.1, 0.15) is 0 Å². The molecule has 18 heavy (non-hydrogen) atoms. The van der Waals surface area contributed by atoms with Crippen molar-refractivity contribution in [1.29, 1.82) is 0 Å². The fourth-order valence-electron chi connectivity index (χ4n) is 2.25. The van der Waals surface area contributed by atoms with E-state index in [1.807, 2.05) is 4.90 Å². The lowest BCUT2D eigenvalue weighted by Gasteiger charge is -2.33. The van der Waals surface area contributed by atoms with Crippen LogP contribution in [0.25, 0.3) is 0 Å². The summed E-state index contributed by atoms with van der Waals surface area (Å²) in [6, 6.07) is -0.0294. The average Bonchev–Trinajstić information content (AvgIpc) is 2.36. The van der Waals surface area contributed by atoms with Crippen LogP contribution in [0.1, 0.15) is 32.6 Å². The van der Waals surface area contributed by atoms with E-state index in [0.717, 1.165) is 32.4 Å². The average molecular weight is 258 g/mol. The number of nitrogens with one attached hydrogen (secondary N) is 1. The summed E-state index contributed by atoms with van der Waals surface area (Å²) >= 11 is 0. The second-order valence-electron chi connectivity index (χ2n) is 4.87. The molecule has 1 fully saturated rings. The number of ether oxygens (including phenoxy) is 1. The smallest absolute Gasteiger partial charge is 0.239 e. The second-order valence-corrected chi connectivity index (χ2v) is 4.87. The van der Waals surface area contributed by atoms with Gasteiger partial charge in [0.2, 0.25) is 5.91 Å². The molecule has 1 amide bonds. The molecule has 106 valence electrons. The highest BCUT2D eigenvalue weighted by atomic mass is 16.5. The summed E-state index contributed by atoms with van der Waals surface area (Å²) in [5.74, 6) is 0.180. The predicted octanol–water partition coefficient (Wildman–Crippen LogP) is 0.374. The third-order valence-electron chi connectivity index (χ3n) is 3.26. The molecule has 1 heterocycles. The molecule has 2 N–H and O–H groups in total. The number of amides is 1. The predicted molar refractivity (Wildman–Crippen MR) is 70.4 cm³/mol. The van der Waals surface area contributed by atoms with E-state index in [4.69, 9.17) is 4.74 Å². The lowest BCUT2D eigenvalue weighted by atomic mass is 10.0. The highest BCUT2D eigenvalue weighted by molar-refractivity contribution is 5.82. The Morgan fingerprint density at radius 3 is 3.06 bits per heavy atom. The largest absolute Gasteiger partial charge is 0.391 e. The maximum atomic E-state index is 12.2. The summed E-state index contributed by atoms with van der Waals surface area (Å²) in [6.45, 7) is 4.74. The van der Waals surface area contributed by atoms with Crippen molar-refractivity contribution in [3.8, 4) is 0 Å². The topological polar surface area (TPSA) is 61.8 Å². The number of carbonyl (C=O) groups excluding carboxylic acids is 1.